The van der Waals surface area contributed by atoms with Gasteiger partial charge in [0.05, 0.1) is 6.61 Å². The lowest BCUT2D eigenvalue weighted by Gasteiger charge is -2.18. The van der Waals surface area contributed by atoms with E-state index in [9.17, 15) is 0 Å². The molecule has 3 nitrogen and oxygen atoms in total. The lowest BCUT2D eigenvalue weighted by Crippen LogP contribution is -2.24. The van der Waals surface area contributed by atoms with Gasteiger partial charge < -0.3 is 14.8 Å². The van der Waals surface area contributed by atoms with Crippen LogP contribution in [0.15, 0.2) is 18.2 Å². The fraction of sp³-hybridized carbons (Fsp3) is 0.625. The van der Waals surface area contributed by atoms with Crippen LogP contribution in [0.1, 0.15) is 38.7 Å². The van der Waals surface area contributed by atoms with Gasteiger partial charge in [-0.2, -0.15) is 0 Å². The van der Waals surface area contributed by atoms with Crippen LogP contribution in [0.4, 0.5) is 0 Å². The van der Waals surface area contributed by atoms with E-state index in [2.05, 4.69) is 31.3 Å². The number of para-hydroxylation sites is 1. The summed E-state index contributed by atoms with van der Waals surface area (Å²) in [5.41, 5.74) is 1.16. The smallest absolute Gasteiger partial charge is 0.165 e. The third-order valence-corrected chi connectivity index (χ3v) is 3.64. The SMILES string of the molecule is CC1(C)Cc2cccc(OCCCNC3CC3)c2O1. The lowest BCUT2D eigenvalue weighted by atomic mass is 10.0. The van der Waals surface area contributed by atoms with E-state index >= 15 is 0 Å². The van der Waals surface area contributed by atoms with Crippen molar-refractivity contribution in [1.29, 1.82) is 0 Å². The van der Waals surface area contributed by atoms with Crippen molar-refractivity contribution in [2.24, 2.45) is 0 Å². The average molecular weight is 261 g/mol. The molecule has 19 heavy (non-hydrogen) atoms. The summed E-state index contributed by atoms with van der Waals surface area (Å²) in [6.07, 6.45) is 4.69. The minimum absolute atomic E-state index is 0.102. The summed E-state index contributed by atoms with van der Waals surface area (Å²) in [5.74, 6) is 1.84. The fourth-order valence-corrected chi connectivity index (χ4v) is 2.55. The van der Waals surface area contributed by atoms with Crippen LogP contribution < -0.4 is 14.8 Å². The second-order valence-electron chi connectivity index (χ2n) is 6.21. The number of nitrogens with one attached hydrogen (secondary N) is 1. The van der Waals surface area contributed by atoms with Crippen molar-refractivity contribution in [1.82, 2.24) is 5.32 Å². The Balaban J connectivity index is 1.52. The van der Waals surface area contributed by atoms with E-state index in [1.165, 1.54) is 18.4 Å². The number of fused-ring (bicyclic) bond motifs is 1. The molecular formula is C16H23NO2. The Bertz CT molecular complexity index is 452. The molecule has 1 aromatic rings. The Morgan fingerprint density at radius 3 is 3.00 bits per heavy atom. The topological polar surface area (TPSA) is 30.5 Å². The van der Waals surface area contributed by atoms with Crippen molar-refractivity contribution in [3.63, 3.8) is 0 Å². The summed E-state index contributed by atoms with van der Waals surface area (Å²) in [4.78, 5) is 0. The summed E-state index contributed by atoms with van der Waals surface area (Å²) in [6.45, 7) is 6.04. The first kappa shape index (κ1) is 12.8. The summed E-state index contributed by atoms with van der Waals surface area (Å²) in [7, 11) is 0. The number of ether oxygens (including phenoxy) is 2. The summed E-state index contributed by atoms with van der Waals surface area (Å²) in [5, 5.41) is 3.50. The molecule has 0 atom stereocenters. The first-order valence-corrected chi connectivity index (χ1v) is 7.31. The molecule has 1 N–H and O–H groups in total. The van der Waals surface area contributed by atoms with Crippen LogP contribution in [0, 0.1) is 0 Å². The number of benzene rings is 1. The van der Waals surface area contributed by atoms with E-state index in [-0.39, 0.29) is 5.60 Å². The van der Waals surface area contributed by atoms with E-state index < -0.39 is 0 Å². The zero-order valence-electron chi connectivity index (χ0n) is 11.9. The fourth-order valence-electron chi connectivity index (χ4n) is 2.55. The molecule has 0 unspecified atom stereocenters. The minimum Gasteiger partial charge on any atom is -0.490 e. The molecule has 3 heteroatoms. The van der Waals surface area contributed by atoms with Gasteiger partial charge in [0.15, 0.2) is 11.5 Å². The van der Waals surface area contributed by atoms with Gasteiger partial charge in [0.2, 0.25) is 0 Å². The molecule has 1 fully saturated rings. The van der Waals surface area contributed by atoms with E-state index in [0.29, 0.717) is 0 Å². The van der Waals surface area contributed by atoms with Crippen LogP contribution in [-0.4, -0.2) is 24.8 Å². The van der Waals surface area contributed by atoms with Gasteiger partial charge in [-0.1, -0.05) is 12.1 Å². The van der Waals surface area contributed by atoms with Crippen LogP contribution in [0.5, 0.6) is 11.5 Å². The van der Waals surface area contributed by atoms with Crippen LogP contribution in [0.25, 0.3) is 0 Å². The number of hydrogen-bond acceptors (Lipinski definition) is 3. The second-order valence-corrected chi connectivity index (χ2v) is 6.21. The van der Waals surface area contributed by atoms with Crippen molar-refractivity contribution in [2.45, 2.75) is 51.2 Å². The maximum atomic E-state index is 5.99. The Morgan fingerprint density at radius 1 is 1.37 bits per heavy atom. The standard InChI is InChI=1S/C16H23NO2/c1-16(2)11-12-5-3-6-14(15(12)19-16)18-10-4-9-17-13-7-8-13/h3,5-6,13,17H,4,7-11H2,1-2H3. The molecule has 1 aromatic carbocycles. The van der Waals surface area contributed by atoms with Crippen LogP contribution in [-0.2, 0) is 6.42 Å². The van der Waals surface area contributed by atoms with Crippen LogP contribution in [0.3, 0.4) is 0 Å². The zero-order chi connectivity index (χ0) is 13.3. The third-order valence-electron chi connectivity index (χ3n) is 3.64. The monoisotopic (exact) mass is 261 g/mol. The molecule has 0 radical (unpaired) electrons. The molecule has 0 aromatic heterocycles. The third kappa shape index (κ3) is 3.21. The van der Waals surface area contributed by atoms with Crippen LogP contribution in [0.2, 0.25) is 0 Å². The van der Waals surface area contributed by atoms with E-state index in [4.69, 9.17) is 9.47 Å². The van der Waals surface area contributed by atoms with Crippen molar-refractivity contribution >= 4 is 0 Å². The molecular weight excluding hydrogens is 238 g/mol. The lowest BCUT2D eigenvalue weighted by molar-refractivity contribution is 0.132. The Labute approximate surface area is 115 Å². The molecule has 104 valence electrons. The molecule has 0 saturated heterocycles. The number of hydrogen-bond donors (Lipinski definition) is 1. The van der Waals surface area contributed by atoms with Crippen molar-refractivity contribution in [3.05, 3.63) is 23.8 Å². The molecule has 1 aliphatic heterocycles. The maximum Gasteiger partial charge on any atom is 0.165 e. The highest BCUT2D eigenvalue weighted by atomic mass is 16.5. The predicted molar refractivity (Wildman–Crippen MR) is 76.0 cm³/mol. The maximum absolute atomic E-state index is 5.99. The first-order valence-electron chi connectivity index (χ1n) is 7.31. The van der Waals surface area contributed by atoms with Crippen molar-refractivity contribution in [3.8, 4) is 11.5 Å². The second kappa shape index (κ2) is 5.04. The van der Waals surface area contributed by atoms with Gasteiger partial charge in [-0.25, -0.2) is 0 Å². The highest BCUT2D eigenvalue weighted by molar-refractivity contribution is 5.50. The normalized spacial score (nSPS) is 19.9. The van der Waals surface area contributed by atoms with E-state index in [1.54, 1.807) is 0 Å². The summed E-state index contributed by atoms with van der Waals surface area (Å²) >= 11 is 0. The zero-order valence-corrected chi connectivity index (χ0v) is 11.9. The molecule has 0 spiro atoms. The van der Waals surface area contributed by atoms with E-state index in [1.807, 2.05) is 6.07 Å². The first-order chi connectivity index (χ1) is 9.14. The van der Waals surface area contributed by atoms with Gasteiger partial charge >= 0.3 is 0 Å². The minimum atomic E-state index is -0.102. The van der Waals surface area contributed by atoms with Gasteiger partial charge in [0, 0.05) is 18.0 Å². The van der Waals surface area contributed by atoms with Crippen molar-refractivity contribution < 1.29 is 9.47 Å². The van der Waals surface area contributed by atoms with Crippen LogP contribution >= 0.6 is 0 Å². The number of rotatable bonds is 6. The Kier molecular flexibility index (Phi) is 3.40. The molecule has 0 bridgehead atoms. The largest absolute Gasteiger partial charge is 0.490 e. The Hall–Kier alpha value is -1.22. The van der Waals surface area contributed by atoms with Gasteiger partial charge in [0.1, 0.15) is 5.60 Å². The molecule has 3 rings (SSSR count). The average Bonchev–Trinajstić information content (AvgIpc) is 3.10. The summed E-state index contributed by atoms with van der Waals surface area (Å²) in [6, 6.07) is 6.98. The quantitative estimate of drug-likeness (QED) is 0.799. The molecule has 1 saturated carbocycles. The molecule has 1 heterocycles. The highest BCUT2D eigenvalue weighted by Gasteiger charge is 2.32. The molecule has 1 aliphatic carbocycles. The van der Waals surface area contributed by atoms with E-state index in [0.717, 1.165) is 43.5 Å². The van der Waals surface area contributed by atoms with Gasteiger partial charge in [-0.3, -0.25) is 0 Å². The summed E-state index contributed by atoms with van der Waals surface area (Å²) < 4.78 is 11.9. The van der Waals surface area contributed by atoms with Gasteiger partial charge in [0.25, 0.3) is 0 Å². The van der Waals surface area contributed by atoms with Gasteiger partial charge in [-0.15, -0.1) is 0 Å². The molecule has 0 amide bonds. The predicted octanol–water partition coefficient (Wildman–Crippen LogP) is 2.92. The van der Waals surface area contributed by atoms with Crippen molar-refractivity contribution in [2.75, 3.05) is 13.2 Å². The molecule has 2 aliphatic rings. The van der Waals surface area contributed by atoms with Gasteiger partial charge in [-0.05, 0) is 45.7 Å². The Morgan fingerprint density at radius 2 is 2.21 bits per heavy atom. The highest BCUT2D eigenvalue weighted by Crippen LogP contribution is 2.41.